The van der Waals surface area contributed by atoms with Crippen molar-refractivity contribution in [2.45, 2.75) is 12.8 Å². The van der Waals surface area contributed by atoms with Crippen LogP contribution in [0, 0.1) is 5.92 Å². The van der Waals surface area contributed by atoms with Gasteiger partial charge in [-0.3, -0.25) is 4.98 Å². The minimum Gasteiger partial charge on any atom is -0.310 e. The summed E-state index contributed by atoms with van der Waals surface area (Å²) in [7, 11) is 0. The standard InChI is InChI=1S/C54H38N2/c1-35-27-29-41(56-53-25-8-6-21-47(53)48-22-7-9-26-54(48)56)34-49(35)52-24-12-23-51(55-52)40-16-11-15-38(32-40)36-13-10-14-37(31-36)39-28-30-46-44-19-3-2-17-42(44)43-18-4-5-20-45(43)50(46)33-39/h2-35,49H,1H3. The van der Waals surface area contributed by atoms with E-state index >= 15 is 0 Å². The van der Waals surface area contributed by atoms with Crippen LogP contribution in [0.15, 0.2) is 200 Å². The molecule has 0 aliphatic heterocycles. The summed E-state index contributed by atoms with van der Waals surface area (Å²) in [6, 6.07) is 66.2. The molecule has 2 nitrogen and oxygen atoms in total. The number of para-hydroxylation sites is 2. The molecule has 0 amide bonds. The van der Waals surface area contributed by atoms with Crippen molar-refractivity contribution in [2.75, 3.05) is 0 Å². The zero-order valence-electron chi connectivity index (χ0n) is 31.1. The molecule has 56 heavy (non-hydrogen) atoms. The van der Waals surface area contributed by atoms with Crippen LogP contribution in [-0.2, 0) is 0 Å². The Morgan fingerprint density at radius 2 is 0.893 bits per heavy atom. The number of fused-ring (bicyclic) bond motifs is 9. The van der Waals surface area contributed by atoms with Crippen molar-refractivity contribution in [1.82, 2.24) is 9.55 Å². The number of hydrogen-bond acceptors (Lipinski definition) is 1. The van der Waals surface area contributed by atoms with E-state index in [0.717, 1.165) is 17.0 Å². The van der Waals surface area contributed by atoms with E-state index in [1.165, 1.54) is 82.1 Å². The first kappa shape index (κ1) is 32.4. The van der Waals surface area contributed by atoms with E-state index in [2.05, 4.69) is 212 Å². The van der Waals surface area contributed by atoms with Gasteiger partial charge in [0.15, 0.2) is 0 Å². The Morgan fingerprint density at radius 3 is 1.52 bits per heavy atom. The summed E-state index contributed by atoms with van der Waals surface area (Å²) in [4.78, 5) is 5.35. The average molecular weight is 715 g/mol. The van der Waals surface area contributed by atoms with Crippen LogP contribution >= 0.6 is 0 Å². The lowest BCUT2D eigenvalue weighted by Gasteiger charge is -2.24. The van der Waals surface area contributed by atoms with Crippen molar-refractivity contribution in [3.05, 3.63) is 206 Å². The molecule has 264 valence electrons. The number of allylic oxidation sites excluding steroid dienone is 4. The normalized spacial score (nSPS) is 15.6. The fourth-order valence-corrected chi connectivity index (χ4v) is 9.09. The van der Waals surface area contributed by atoms with Gasteiger partial charge in [0.2, 0.25) is 0 Å². The third-order valence-corrected chi connectivity index (χ3v) is 11.9. The third-order valence-electron chi connectivity index (χ3n) is 11.9. The molecule has 1 aliphatic rings. The number of hydrogen-bond donors (Lipinski definition) is 0. The van der Waals surface area contributed by atoms with Gasteiger partial charge in [-0.1, -0.05) is 159 Å². The zero-order valence-corrected chi connectivity index (χ0v) is 31.1. The van der Waals surface area contributed by atoms with Crippen molar-refractivity contribution < 1.29 is 0 Å². The molecule has 0 fully saturated rings. The molecule has 2 heterocycles. The highest BCUT2D eigenvalue weighted by Gasteiger charge is 2.23. The lowest BCUT2D eigenvalue weighted by molar-refractivity contribution is 0.620. The number of benzene rings is 8. The molecule has 0 N–H and O–H groups in total. The summed E-state index contributed by atoms with van der Waals surface area (Å²) in [6.45, 7) is 2.29. The highest BCUT2D eigenvalue weighted by molar-refractivity contribution is 6.25. The third kappa shape index (κ3) is 5.29. The first-order valence-electron chi connectivity index (χ1n) is 19.6. The molecule has 10 aromatic rings. The molecule has 11 rings (SSSR count). The van der Waals surface area contributed by atoms with Crippen molar-refractivity contribution in [3.8, 4) is 33.5 Å². The molecule has 2 aromatic heterocycles. The zero-order chi connectivity index (χ0) is 37.2. The van der Waals surface area contributed by atoms with Gasteiger partial charge < -0.3 is 4.57 Å². The predicted molar refractivity (Wildman–Crippen MR) is 238 cm³/mol. The van der Waals surface area contributed by atoms with Gasteiger partial charge in [0, 0.05) is 33.6 Å². The molecule has 1 aliphatic carbocycles. The monoisotopic (exact) mass is 714 g/mol. The van der Waals surface area contributed by atoms with E-state index in [1.54, 1.807) is 0 Å². The van der Waals surface area contributed by atoms with E-state index in [4.69, 9.17) is 4.98 Å². The lowest BCUT2D eigenvalue weighted by Crippen LogP contribution is -2.13. The van der Waals surface area contributed by atoms with Crippen LogP contribution in [0.2, 0.25) is 0 Å². The fourth-order valence-electron chi connectivity index (χ4n) is 9.09. The van der Waals surface area contributed by atoms with Gasteiger partial charge in [-0.05, 0) is 109 Å². The lowest BCUT2D eigenvalue weighted by atomic mass is 9.85. The first-order valence-corrected chi connectivity index (χ1v) is 19.6. The Kier molecular flexibility index (Phi) is 7.57. The Hall–Kier alpha value is -7.03. The molecule has 2 unspecified atom stereocenters. The summed E-state index contributed by atoms with van der Waals surface area (Å²) in [5.41, 5.74) is 11.6. The predicted octanol–water partition coefficient (Wildman–Crippen LogP) is 14.5. The second kappa shape index (κ2) is 13.1. The second-order valence-electron chi connectivity index (χ2n) is 15.2. The average Bonchev–Trinajstić information content (AvgIpc) is 3.61. The molecule has 0 saturated heterocycles. The highest BCUT2D eigenvalue weighted by atomic mass is 15.0. The van der Waals surface area contributed by atoms with Crippen molar-refractivity contribution in [1.29, 1.82) is 0 Å². The van der Waals surface area contributed by atoms with Gasteiger partial charge in [-0.15, -0.1) is 0 Å². The summed E-state index contributed by atoms with van der Waals surface area (Å²) in [5, 5.41) is 10.3. The topological polar surface area (TPSA) is 17.8 Å². The number of aromatic nitrogens is 2. The summed E-state index contributed by atoms with van der Waals surface area (Å²) < 4.78 is 2.41. The molecular weight excluding hydrogens is 677 g/mol. The molecule has 0 radical (unpaired) electrons. The summed E-state index contributed by atoms with van der Waals surface area (Å²) >= 11 is 0. The van der Waals surface area contributed by atoms with E-state index in [1.807, 2.05) is 0 Å². The summed E-state index contributed by atoms with van der Waals surface area (Å²) in [6.07, 6.45) is 7.03. The minimum atomic E-state index is 0.145. The summed E-state index contributed by atoms with van der Waals surface area (Å²) in [5.74, 6) is 0.460. The minimum absolute atomic E-state index is 0.145. The van der Waals surface area contributed by atoms with Crippen LogP contribution in [0.25, 0.3) is 93.3 Å². The fraction of sp³-hybridized carbons (Fsp3) is 0.0556. The van der Waals surface area contributed by atoms with Crippen molar-refractivity contribution in [3.63, 3.8) is 0 Å². The maximum Gasteiger partial charge on any atom is 0.0705 e. The quantitative estimate of drug-likeness (QED) is 0.162. The Balaban J connectivity index is 0.943. The smallest absolute Gasteiger partial charge is 0.0705 e. The van der Waals surface area contributed by atoms with Crippen molar-refractivity contribution in [2.24, 2.45) is 5.92 Å². The van der Waals surface area contributed by atoms with Crippen LogP contribution in [0.4, 0.5) is 0 Å². The second-order valence-corrected chi connectivity index (χ2v) is 15.2. The molecule has 0 spiro atoms. The van der Waals surface area contributed by atoms with Crippen LogP contribution in [0.3, 0.4) is 0 Å². The Bertz CT molecular complexity index is 3140. The van der Waals surface area contributed by atoms with E-state index in [9.17, 15) is 0 Å². The molecule has 0 saturated carbocycles. The van der Waals surface area contributed by atoms with Crippen LogP contribution in [0.1, 0.15) is 18.5 Å². The highest BCUT2D eigenvalue weighted by Crippen LogP contribution is 2.40. The number of rotatable bonds is 5. The molecule has 2 atom stereocenters. The molecule has 0 bridgehead atoms. The van der Waals surface area contributed by atoms with E-state index in [-0.39, 0.29) is 5.92 Å². The number of nitrogens with zero attached hydrogens (tertiary/aromatic N) is 2. The van der Waals surface area contributed by atoms with Gasteiger partial charge in [-0.2, -0.15) is 0 Å². The Labute approximate surface area is 326 Å². The van der Waals surface area contributed by atoms with Crippen LogP contribution < -0.4 is 0 Å². The molecule has 2 heteroatoms. The Morgan fingerprint density at radius 1 is 0.411 bits per heavy atom. The van der Waals surface area contributed by atoms with Crippen LogP contribution in [-0.4, -0.2) is 9.55 Å². The maximum atomic E-state index is 5.35. The van der Waals surface area contributed by atoms with Gasteiger partial charge in [0.25, 0.3) is 0 Å². The maximum absolute atomic E-state index is 5.35. The van der Waals surface area contributed by atoms with Gasteiger partial charge >= 0.3 is 0 Å². The van der Waals surface area contributed by atoms with Crippen molar-refractivity contribution >= 4 is 59.8 Å². The SMILES string of the molecule is CC1C=CC(n2c3ccccc3c3ccccc32)=CC1c1cccc(-c2cccc(-c3cccc(-c4ccc5c6ccccc6c6ccccc6c5c4)c3)c2)n1. The van der Waals surface area contributed by atoms with Gasteiger partial charge in [0.05, 0.1) is 16.7 Å². The number of pyridine rings is 1. The molecule has 8 aromatic carbocycles. The van der Waals surface area contributed by atoms with Crippen LogP contribution in [0.5, 0.6) is 0 Å². The van der Waals surface area contributed by atoms with Gasteiger partial charge in [0.1, 0.15) is 0 Å². The van der Waals surface area contributed by atoms with E-state index in [0.29, 0.717) is 5.92 Å². The molecular formula is C54H38N2. The van der Waals surface area contributed by atoms with Gasteiger partial charge in [-0.25, -0.2) is 0 Å². The van der Waals surface area contributed by atoms with E-state index < -0.39 is 0 Å². The largest absolute Gasteiger partial charge is 0.310 e. The first-order chi connectivity index (χ1) is 27.7.